The molecule has 19 heavy (non-hydrogen) atoms. The topological polar surface area (TPSA) is 36.8 Å². The number of hydrogen-bond donors (Lipinski definition) is 1. The normalized spacial score (nSPS) is 12.1. The number of benzene rings is 2. The first-order chi connectivity index (χ1) is 9.24. The summed E-state index contributed by atoms with van der Waals surface area (Å²) in [6.07, 6.45) is 0. The van der Waals surface area contributed by atoms with Crippen molar-refractivity contribution >= 4 is 43.2 Å². The maximum absolute atomic E-state index is 6.13. The fraction of sp³-hybridized carbons (Fsp3) is 0.143. The Balaban J connectivity index is 1.78. The number of aryl methyl sites for hydroxylation is 1. The molecule has 1 N–H and O–H groups in total. The molecule has 0 bridgehead atoms. The molecule has 1 aliphatic heterocycles. The number of hydrogen-bond acceptors (Lipinski definition) is 3. The van der Waals surface area contributed by atoms with Crippen LogP contribution in [0.3, 0.4) is 0 Å². The van der Waals surface area contributed by atoms with Crippen LogP contribution < -0.4 is 5.32 Å². The molecular weight excluding hydrogens is 325 g/mol. The Labute approximate surface area is 122 Å². The van der Waals surface area contributed by atoms with Crippen molar-refractivity contribution in [3.63, 3.8) is 0 Å². The predicted molar refractivity (Wildman–Crippen MR) is 79.9 cm³/mol. The minimum absolute atomic E-state index is 0.00723. The van der Waals surface area contributed by atoms with Gasteiger partial charge in [-0.25, -0.2) is 0 Å². The van der Waals surface area contributed by atoms with Gasteiger partial charge in [0.25, 0.3) is 0 Å². The zero-order valence-electron chi connectivity index (χ0n) is 10.4. The van der Waals surface area contributed by atoms with Crippen LogP contribution in [0.5, 0.6) is 0 Å². The Morgan fingerprint density at radius 3 is 2.95 bits per heavy atom. The molecule has 0 spiro atoms. The number of rotatable bonds is 3. The van der Waals surface area contributed by atoms with Crippen molar-refractivity contribution in [3.8, 4) is 0 Å². The van der Waals surface area contributed by atoms with Gasteiger partial charge >= 0.3 is 122 Å². The van der Waals surface area contributed by atoms with Gasteiger partial charge in [0.15, 0.2) is 0 Å². The van der Waals surface area contributed by atoms with Gasteiger partial charge in [-0.3, -0.25) is 0 Å². The van der Waals surface area contributed by atoms with Gasteiger partial charge < -0.3 is 0 Å². The summed E-state index contributed by atoms with van der Waals surface area (Å²) < 4.78 is 8.83. The average Bonchev–Trinajstić information content (AvgIpc) is 2.89. The summed E-state index contributed by atoms with van der Waals surface area (Å²) in [6, 6.07) is 12.2. The molecule has 1 heterocycles. The van der Waals surface area contributed by atoms with E-state index in [2.05, 4.69) is 19.3 Å². The monoisotopic (exact) mass is 337 g/mol. The van der Waals surface area contributed by atoms with Crippen molar-refractivity contribution in [2.45, 2.75) is 13.5 Å². The molecule has 96 valence electrons. The summed E-state index contributed by atoms with van der Waals surface area (Å²) in [5.41, 5.74) is 5.28. The second kappa shape index (κ2) is 5.33. The summed E-state index contributed by atoms with van der Waals surface area (Å²) >= 11 is 6.14. The maximum atomic E-state index is 6.13. The standard InChI is InChI=1S/C14H12ClN3Se/c1-9-5-6-10(7-11(9)15)8-16-12-3-2-4-13-14(12)18-19-17-13/h2-7,16H,8H2,1H3. The Hall–Kier alpha value is -1.35. The summed E-state index contributed by atoms with van der Waals surface area (Å²) in [5, 5.41) is 4.21. The molecule has 1 aliphatic rings. The average molecular weight is 337 g/mol. The number of fused-ring (bicyclic) bond motifs is 1. The third-order valence-electron chi connectivity index (χ3n) is 3.01. The molecule has 0 atom stereocenters. The molecule has 0 unspecified atom stereocenters. The third-order valence-corrected chi connectivity index (χ3v) is 4.55. The fourth-order valence-corrected chi connectivity index (χ4v) is 3.25. The Kier molecular flexibility index (Phi) is 3.56. The van der Waals surface area contributed by atoms with E-state index in [4.69, 9.17) is 11.6 Å². The second-order valence-electron chi connectivity index (χ2n) is 4.37. The van der Waals surface area contributed by atoms with Gasteiger partial charge in [0, 0.05) is 0 Å². The van der Waals surface area contributed by atoms with Crippen LogP contribution in [0.25, 0.3) is 0 Å². The van der Waals surface area contributed by atoms with Crippen LogP contribution in [-0.2, 0) is 6.54 Å². The molecule has 5 heteroatoms. The first-order valence-corrected chi connectivity index (χ1v) is 7.85. The van der Waals surface area contributed by atoms with Crippen LogP contribution in [0, 0.1) is 6.92 Å². The van der Waals surface area contributed by atoms with Crippen molar-refractivity contribution in [1.29, 1.82) is 0 Å². The number of anilines is 1. The number of nitrogens with one attached hydrogen (secondary N) is 1. The third kappa shape index (κ3) is 2.66. The second-order valence-corrected chi connectivity index (χ2v) is 5.89. The predicted octanol–water partition coefficient (Wildman–Crippen LogP) is 4.61. The quantitative estimate of drug-likeness (QED) is 0.697. The van der Waals surface area contributed by atoms with Crippen LogP contribution in [0.15, 0.2) is 44.3 Å². The van der Waals surface area contributed by atoms with E-state index in [1.807, 2.05) is 37.3 Å². The molecule has 0 saturated carbocycles. The van der Waals surface area contributed by atoms with Crippen LogP contribution in [0.2, 0.25) is 5.02 Å². The van der Waals surface area contributed by atoms with E-state index < -0.39 is 0 Å². The van der Waals surface area contributed by atoms with Crippen LogP contribution in [0.4, 0.5) is 17.1 Å². The molecule has 2 aromatic rings. The van der Waals surface area contributed by atoms with E-state index in [1.165, 1.54) is 0 Å². The van der Waals surface area contributed by atoms with Gasteiger partial charge in [-0.15, -0.1) is 0 Å². The van der Waals surface area contributed by atoms with Gasteiger partial charge in [0.2, 0.25) is 0 Å². The van der Waals surface area contributed by atoms with E-state index in [9.17, 15) is 0 Å². The molecule has 0 radical (unpaired) electrons. The van der Waals surface area contributed by atoms with E-state index in [1.54, 1.807) is 0 Å². The summed E-state index contributed by atoms with van der Waals surface area (Å²) in [6.45, 7) is 2.74. The van der Waals surface area contributed by atoms with Crippen molar-refractivity contribution < 1.29 is 0 Å². The minimum atomic E-state index is 0.00723. The molecule has 0 fully saturated rings. The SMILES string of the molecule is Cc1ccc(CNc2cccc3c2N=[Se]=N3)cc1Cl. The van der Waals surface area contributed by atoms with Crippen molar-refractivity contribution in [3.05, 3.63) is 52.5 Å². The molecule has 0 aliphatic carbocycles. The van der Waals surface area contributed by atoms with E-state index >= 15 is 0 Å². The van der Waals surface area contributed by atoms with Gasteiger partial charge in [-0.2, -0.15) is 0 Å². The first kappa shape index (κ1) is 12.7. The van der Waals surface area contributed by atoms with Gasteiger partial charge in [0.05, 0.1) is 0 Å². The van der Waals surface area contributed by atoms with Gasteiger partial charge in [0.1, 0.15) is 0 Å². The van der Waals surface area contributed by atoms with Crippen LogP contribution in [-0.4, -0.2) is 14.6 Å². The van der Waals surface area contributed by atoms with E-state index in [0.717, 1.165) is 39.8 Å². The van der Waals surface area contributed by atoms with Crippen molar-refractivity contribution in [2.75, 3.05) is 5.32 Å². The summed E-state index contributed by atoms with van der Waals surface area (Å²) in [5.74, 6) is 0. The fourth-order valence-electron chi connectivity index (χ4n) is 1.89. The molecule has 0 saturated heterocycles. The van der Waals surface area contributed by atoms with E-state index in [0.29, 0.717) is 0 Å². The molecule has 0 aromatic heterocycles. The molecule has 0 amide bonds. The van der Waals surface area contributed by atoms with Crippen LogP contribution in [0.1, 0.15) is 11.1 Å². The zero-order chi connectivity index (χ0) is 13.2. The first-order valence-electron chi connectivity index (χ1n) is 5.94. The van der Waals surface area contributed by atoms with Gasteiger partial charge in [-0.05, 0) is 0 Å². The number of halogens is 1. The molecule has 2 aromatic carbocycles. The zero-order valence-corrected chi connectivity index (χ0v) is 12.8. The van der Waals surface area contributed by atoms with Crippen LogP contribution >= 0.6 is 11.6 Å². The Bertz CT molecular complexity index is 706. The van der Waals surface area contributed by atoms with Crippen molar-refractivity contribution in [2.24, 2.45) is 7.92 Å². The molecular formula is C14H12ClN3Se. The van der Waals surface area contributed by atoms with Crippen molar-refractivity contribution in [1.82, 2.24) is 0 Å². The Morgan fingerprint density at radius 1 is 1.21 bits per heavy atom. The Morgan fingerprint density at radius 2 is 2.11 bits per heavy atom. The van der Waals surface area contributed by atoms with Gasteiger partial charge in [-0.1, -0.05) is 0 Å². The number of nitrogens with zero attached hydrogens (tertiary/aromatic N) is 2. The summed E-state index contributed by atoms with van der Waals surface area (Å²) in [7, 11) is 0. The molecule has 3 nitrogen and oxygen atoms in total. The summed E-state index contributed by atoms with van der Waals surface area (Å²) in [4.78, 5) is 0. The molecule has 3 rings (SSSR count). The van der Waals surface area contributed by atoms with E-state index in [-0.39, 0.29) is 14.6 Å².